The van der Waals surface area contributed by atoms with E-state index in [1.165, 1.54) is 0 Å². The van der Waals surface area contributed by atoms with Gasteiger partial charge in [-0.05, 0) is 65.9 Å². The minimum atomic E-state index is -0.603. The molecular formula is C27H27N3O6. The second-order valence-corrected chi connectivity index (χ2v) is 8.80. The van der Waals surface area contributed by atoms with Crippen LogP contribution in [0.15, 0.2) is 66.7 Å². The number of likely N-dealkylation sites (tertiary alicyclic amines) is 1. The van der Waals surface area contributed by atoms with E-state index in [4.69, 9.17) is 14.7 Å². The molecule has 0 radical (unpaired) electrons. The number of fused-ring (bicyclic) bond motifs is 1. The molecule has 9 heteroatoms. The summed E-state index contributed by atoms with van der Waals surface area (Å²) in [6.45, 7) is 0.959. The second-order valence-electron chi connectivity index (χ2n) is 8.80. The predicted octanol–water partition coefficient (Wildman–Crippen LogP) is 3.78. The average Bonchev–Trinajstić information content (AvgIpc) is 3.60. The van der Waals surface area contributed by atoms with Crippen LogP contribution < -0.4 is 19.9 Å². The minimum absolute atomic E-state index is 0.0816. The van der Waals surface area contributed by atoms with Crippen LogP contribution in [0.5, 0.6) is 11.5 Å². The molecule has 0 aliphatic carbocycles. The van der Waals surface area contributed by atoms with Crippen molar-refractivity contribution in [2.45, 2.75) is 25.4 Å². The smallest absolute Gasteiger partial charge is 0.325 e. The van der Waals surface area contributed by atoms with Crippen molar-refractivity contribution in [2.75, 3.05) is 24.8 Å². The van der Waals surface area contributed by atoms with Crippen molar-refractivity contribution in [3.63, 3.8) is 0 Å². The van der Waals surface area contributed by atoms with Gasteiger partial charge in [0, 0.05) is 17.8 Å². The monoisotopic (exact) mass is 489 g/mol. The number of amides is 3. The number of hydrogen-bond acceptors (Lipinski definition) is 6. The predicted molar refractivity (Wildman–Crippen MR) is 132 cm³/mol. The van der Waals surface area contributed by atoms with Crippen molar-refractivity contribution in [3.05, 3.63) is 77.9 Å². The van der Waals surface area contributed by atoms with Gasteiger partial charge in [0.1, 0.15) is 0 Å². The summed E-state index contributed by atoms with van der Waals surface area (Å²) in [5.41, 5.74) is 5.29. The summed E-state index contributed by atoms with van der Waals surface area (Å²) in [6, 6.07) is 19.7. The van der Waals surface area contributed by atoms with Gasteiger partial charge in [-0.1, -0.05) is 30.3 Å². The third kappa shape index (κ3) is 4.71. The van der Waals surface area contributed by atoms with E-state index in [1.807, 2.05) is 42.5 Å². The summed E-state index contributed by atoms with van der Waals surface area (Å²) in [6.07, 6.45) is 1.60. The highest BCUT2D eigenvalue weighted by Crippen LogP contribution is 2.37. The van der Waals surface area contributed by atoms with E-state index < -0.39 is 5.91 Å². The molecule has 3 aromatic carbocycles. The molecule has 1 atom stereocenters. The van der Waals surface area contributed by atoms with E-state index in [-0.39, 0.29) is 32.0 Å². The maximum atomic E-state index is 13.7. The molecule has 3 amide bonds. The highest BCUT2D eigenvalue weighted by Gasteiger charge is 2.32. The largest absolute Gasteiger partial charge is 0.454 e. The third-order valence-corrected chi connectivity index (χ3v) is 6.59. The number of hydrogen-bond donors (Lipinski definition) is 3. The summed E-state index contributed by atoms with van der Waals surface area (Å²) in [5.74, 6) is 0.781. The topological polar surface area (TPSA) is 112 Å². The van der Waals surface area contributed by atoms with Gasteiger partial charge in [-0.3, -0.25) is 14.9 Å². The van der Waals surface area contributed by atoms with E-state index in [0.717, 1.165) is 29.5 Å². The van der Waals surface area contributed by atoms with E-state index >= 15 is 0 Å². The standard InChI is InChI=1S/C27H27N3O6/c31-16-23-5-2-12-29(23)27(33)30(15-18-6-8-19(9-7-18)26(32)28-34)22-4-1-3-20(13-22)21-10-11-24-25(14-21)36-17-35-24/h1,3-4,6-11,13-14,23,31,34H,2,5,12,15-17H2,(H,28,32). The summed E-state index contributed by atoms with van der Waals surface area (Å²) in [4.78, 5) is 28.8. The lowest BCUT2D eigenvalue weighted by Crippen LogP contribution is -2.46. The van der Waals surface area contributed by atoms with Crippen molar-refractivity contribution in [3.8, 4) is 22.6 Å². The highest BCUT2D eigenvalue weighted by atomic mass is 16.7. The Morgan fingerprint density at radius 3 is 2.56 bits per heavy atom. The van der Waals surface area contributed by atoms with Crippen LogP contribution in [0.2, 0.25) is 0 Å². The molecule has 9 nitrogen and oxygen atoms in total. The van der Waals surface area contributed by atoms with Gasteiger partial charge in [0.25, 0.3) is 5.91 Å². The maximum Gasteiger partial charge on any atom is 0.325 e. The lowest BCUT2D eigenvalue weighted by Gasteiger charge is -2.31. The number of carbonyl (C=O) groups excluding carboxylic acids is 2. The van der Waals surface area contributed by atoms with Crippen molar-refractivity contribution in [2.24, 2.45) is 0 Å². The van der Waals surface area contributed by atoms with Gasteiger partial charge in [0.05, 0.1) is 19.2 Å². The van der Waals surface area contributed by atoms with Gasteiger partial charge in [-0.2, -0.15) is 0 Å². The van der Waals surface area contributed by atoms with Crippen molar-refractivity contribution < 1.29 is 29.4 Å². The number of aliphatic hydroxyl groups excluding tert-OH is 1. The number of nitrogens with one attached hydrogen (secondary N) is 1. The normalized spacial score (nSPS) is 16.2. The molecule has 3 aromatic rings. The van der Waals surface area contributed by atoms with Crippen LogP contribution in [0.3, 0.4) is 0 Å². The average molecular weight is 490 g/mol. The van der Waals surface area contributed by atoms with E-state index in [1.54, 1.807) is 39.5 Å². The van der Waals surface area contributed by atoms with Gasteiger partial charge in [-0.15, -0.1) is 0 Å². The van der Waals surface area contributed by atoms with Crippen molar-refractivity contribution in [1.82, 2.24) is 10.4 Å². The van der Waals surface area contributed by atoms with Crippen LogP contribution in [-0.2, 0) is 6.54 Å². The molecule has 1 saturated heterocycles. The summed E-state index contributed by atoms with van der Waals surface area (Å²) >= 11 is 0. The van der Waals surface area contributed by atoms with Crippen LogP contribution in [0.1, 0.15) is 28.8 Å². The van der Waals surface area contributed by atoms with Crippen molar-refractivity contribution in [1.29, 1.82) is 0 Å². The first-order valence-electron chi connectivity index (χ1n) is 11.8. The van der Waals surface area contributed by atoms with Gasteiger partial charge in [-0.25, -0.2) is 10.3 Å². The fourth-order valence-electron chi connectivity index (χ4n) is 4.64. The van der Waals surface area contributed by atoms with Crippen LogP contribution in [0, 0.1) is 0 Å². The van der Waals surface area contributed by atoms with E-state index in [2.05, 4.69) is 0 Å². The number of aliphatic hydroxyl groups is 1. The fraction of sp³-hybridized carbons (Fsp3) is 0.259. The van der Waals surface area contributed by atoms with Gasteiger partial charge in [0.15, 0.2) is 11.5 Å². The number of ether oxygens (including phenoxy) is 2. The number of urea groups is 1. The number of anilines is 1. The Morgan fingerprint density at radius 1 is 1.00 bits per heavy atom. The molecular weight excluding hydrogens is 462 g/mol. The first kappa shape index (κ1) is 23.7. The first-order valence-corrected chi connectivity index (χ1v) is 11.8. The third-order valence-electron chi connectivity index (χ3n) is 6.59. The summed E-state index contributed by atoms with van der Waals surface area (Å²) in [5, 5.41) is 18.7. The SMILES string of the molecule is O=C(NO)c1ccc(CN(C(=O)N2CCCC2CO)c2cccc(-c3ccc4c(c3)OCO4)c2)cc1. The number of hydroxylamine groups is 1. The zero-order valence-electron chi connectivity index (χ0n) is 19.6. The number of benzene rings is 3. The fourth-order valence-corrected chi connectivity index (χ4v) is 4.64. The van der Waals surface area contributed by atoms with Crippen LogP contribution in [-0.4, -0.2) is 53.1 Å². The molecule has 2 heterocycles. The second kappa shape index (κ2) is 10.3. The summed E-state index contributed by atoms with van der Waals surface area (Å²) < 4.78 is 10.9. The Balaban J connectivity index is 1.48. The number of nitrogens with zero attached hydrogens (tertiary/aromatic N) is 2. The molecule has 1 fully saturated rings. The molecule has 0 saturated carbocycles. The van der Waals surface area contributed by atoms with Crippen LogP contribution in [0.4, 0.5) is 10.5 Å². The first-order chi connectivity index (χ1) is 17.6. The zero-order valence-corrected chi connectivity index (χ0v) is 19.6. The zero-order chi connectivity index (χ0) is 25.1. The van der Waals surface area contributed by atoms with Gasteiger partial charge in [0.2, 0.25) is 6.79 Å². The quantitative estimate of drug-likeness (QED) is 0.359. The molecule has 0 aromatic heterocycles. The van der Waals surface area contributed by atoms with Gasteiger partial charge >= 0.3 is 6.03 Å². The molecule has 2 aliphatic heterocycles. The molecule has 0 spiro atoms. The lowest BCUT2D eigenvalue weighted by atomic mass is 10.0. The Kier molecular flexibility index (Phi) is 6.75. The minimum Gasteiger partial charge on any atom is -0.454 e. The Bertz CT molecular complexity index is 1260. The number of rotatable bonds is 6. The van der Waals surface area contributed by atoms with Gasteiger partial charge < -0.3 is 19.5 Å². The number of carbonyl (C=O) groups is 2. The van der Waals surface area contributed by atoms with Crippen molar-refractivity contribution >= 4 is 17.6 Å². The molecule has 36 heavy (non-hydrogen) atoms. The van der Waals surface area contributed by atoms with Crippen LogP contribution in [0.25, 0.3) is 11.1 Å². The molecule has 1 unspecified atom stereocenters. The molecule has 5 rings (SSSR count). The van der Waals surface area contributed by atoms with Crippen LogP contribution >= 0.6 is 0 Å². The Labute approximate surface area is 208 Å². The Morgan fingerprint density at radius 2 is 1.78 bits per heavy atom. The molecule has 3 N–H and O–H groups in total. The maximum absolute atomic E-state index is 13.7. The molecule has 0 bridgehead atoms. The van der Waals surface area contributed by atoms with E-state index in [0.29, 0.717) is 29.3 Å². The van der Waals surface area contributed by atoms with E-state index in [9.17, 15) is 14.7 Å². The molecule has 186 valence electrons. The lowest BCUT2D eigenvalue weighted by molar-refractivity contribution is 0.0706. The Hall–Kier alpha value is -4.08. The summed E-state index contributed by atoms with van der Waals surface area (Å²) in [7, 11) is 0. The highest BCUT2D eigenvalue weighted by molar-refractivity contribution is 5.94. The molecule has 2 aliphatic rings.